The number of ether oxygens (including phenoxy) is 1. The normalized spacial score (nSPS) is 21.0. The molecule has 0 atom stereocenters. The molecule has 1 aliphatic rings. The number of rotatable bonds is 6. The second kappa shape index (κ2) is 7.03. The van der Waals surface area contributed by atoms with Crippen molar-refractivity contribution in [3.63, 3.8) is 0 Å². The van der Waals surface area contributed by atoms with Gasteiger partial charge in [0.2, 0.25) is 5.91 Å². The lowest BCUT2D eigenvalue weighted by atomic mass is 9.99. The molecule has 2 N–H and O–H groups in total. The fourth-order valence-corrected chi connectivity index (χ4v) is 3.04. The van der Waals surface area contributed by atoms with E-state index in [1.54, 1.807) is 11.9 Å². The van der Waals surface area contributed by atoms with Gasteiger partial charge in [0.1, 0.15) is 0 Å². The summed E-state index contributed by atoms with van der Waals surface area (Å²) >= 11 is 4.84. The molecule has 1 aliphatic heterocycles. The van der Waals surface area contributed by atoms with Gasteiger partial charge < -0.3 is 15.4 Å². The average Bonchev–Trinajstić information content (AvgIpc) is 2.29. The zero-order valence-electron chi connectivity index (χ0n) is 13.9. The number of morpholine rings is 1. The van der Waals surface area contributed by atoms with Crippen molar-refractivity contribution >= 4 is 23.1 Å². The van der Waals surface area contributed by atoms with Crippen LogP contribution < -0.4 is 5.73 Å². The molecule has 0 bridgehead atoms. The molecule has 1 fully saturated rings. The number of hydrogen-bond donors (Lipinski definition) is 1. The lowest BCUT2D eigenvalue weighted by Gasteiger charge is -2.47. The maximum atomic E-state index is 12.1. The standard InChI is InChI=1S/C15H29N3O2S/c1-14(2)10-18(11-15(3,4)20-14)9-7-13(19)17(5)8-6-12(16)21/h6-11H2,1-5H3,(H2,16,21). The third-order valence-corrected chi connectivity index (χ3v) is 3.73. The van der Waals surface area contributed by atoms with Gasteiger partial charge >= 0.3 is 0 Å². The molecule has 0 radical (unpaired) electrons. The van der Waals surface area contributed by atoms with Crippen LogP contribution >= 0.6 is 12.2 Å². The maximum absolute atomic E-state index is 12.1. The Labute approximate surface area is 133 Å². The lowest BCUT2D eigenvalue weighted by Crippen LogP contribution is -2.57. The van der Waals surface area contributed by atoms with Gasteiger partial charge in [-0.3, -0.25) is 9.69 Å². The van der Waals surface area contributed by atoms with Gasteiger partial charge in [0.25, 0.3) is 0 Å². The van der Waals surface area contributed by atoms with Crippen molar-refractivity contribution in [2.75, 3.05) is 33.2 Å². The smallest absolute Gasteiger partial charge is 0.223 e. The van der Waals surface area contributed by atoms with Crippen LogP contribution in [0.3, 0.4) is 0 Å². The van der Waals surface area contributed by atoms with Gasteiger partial charge in [-0.05, 0) is 27.7 Å². The molecule has 6 heteroatoms. The molecule has 0 aromatic carbocycles. The van der Waals surface area contributed by atoms with Crippen LogP contribution in [0.5, 0.6) is 0 Å². The van der Waals surface area contributed by atoms with E-state index < -0.39 is 0 Å². The molecule has 0 aromatic rings. The van der Waals surface area contributed by atoms with E-state index in [0.29, 0.717) is 24.4 Å². The average molecular weight is 315 g/mol. The maximum Gasteiger partial charge on any atom is 0.223 e. The molecule has 1 rings (SSSR count). The van der Waals surface area contributed by atoms with Gasteiger partial charge in [-0.1, -0.05) is 12.2 Å². The number of amides is 1. The summed E-state index contributed by atoms with van der Waals surface area (Å²) in [5.74, 6) is 0.133. The highest BCUT2D eigenvalue weighted by molar-refractivity contribution is 7.80. The zero-order chi connectivity index (χ0) is 16.3. The van der Waals surface area contributed by atoms with Gasteiger partial charge in [-0.15, -0.1) is 0 Å². The summed E-state index contributed by atoms with van der Waals surface area (Å²) in [6.07, 6.45) is 1.09. The Balaban J connectivity index is 2.43. The molecule has 0 spiro atoms. The Bertz CT molecular complexity index is 380. The predicted octanol–water partition coefficient (Wildman–Crippen LogP) is 1.40. The largest absolute Gasteiger partial charge is 0.393 e. The van der Waals surface area contributed by atoms with E-state index in [0.717, 1.165) is 19.6 Å². The second-order valence-corrected chi connectivity index (χ2v) is 7.64. The second-order valence-electron chi connectivity index (χ2n) is 7.11. The Morgan fingerprint density at radius 2 is 1.76 bits per heavy atom. The van der Waals surface area contributed by atoms with E-state index >= 15 is 0 Å². The Morgan fingerprint density at radius 1 is 1.24 bits per heavy atom. The van der Waals surface area contributed by atoms with Crippen molar-refractivity contribution in [2.24, 2.45) is 5.73 Å². The first-order valence-corrected chi connectivity index (χ1v) is 7.86. The van der Waals surface area contributed by atoms with Crippen LogP contribution in [-0.2, 0) is 9.53 Å². The van der Waals surface area contributed by atoms with E-state index in [1.165, 1.54) is 0 Å². The topological polar surface area (TPSA) is 58.8 Å². The SMILES string of the molecule is CN(CCC(N)=S)C(=O)CCN1CC(C)(C)OC(C)(C)C1. The van der Waals surface area contributed by atoms with Gasteiger partial charge in [-0.25, -0.2) is 0 Å². The molecule has 1 saturated heterocycles. The lowest BCUT2D eigenvalue weighted by molar-refractivity contribution is -0.181. The zero-order valence-corrected chi connectivity index (χ0v) is 14.8. The van der Waals surface area contributed by atoms with Gasteiger partial charge in [0, 0.05) is 46.1 Å². The van der Waals surface area contributed by atoms with Gasteiger partial charge in [0.15, 0.2) is 0 Å². The summed E-state index contributed by atoms with van der Waals surface area (Å²) in [6, 6.07) is 0. The van der Waals surface area contributed by atoms with Crippen molar-refractivity contribution in [2.45, 2.75) is 51.7 Å². The van der Waals surface area contributed by atoms with E-state index in [9.17, 15) is 4.79 Å². The minimum absolute atomic E-state index is 0.133. The summed E-state index contributed by atoms with van der Waals surface area (Å²) in [7, 11) is 1.80. The third kappa shape index (κ3) is 6.72. The van der Waals surface area contributed by atoms with Crippen LogP contribution in [0.15, 0.2) is 0 Å². The van der Waals surface area contributed by atoms with Crippen LogP contribution in [0.4, 0.5) is 0 Å². The van der Waals surface area contributed by atoms with E-state index in [1.807, 2.05) is 0 Å². The highest BCUT2D eigenvalue weighted by atomic mass is 32.1. The molecule has 1 heterocycles. The predicted molar refractivity (Wildman–Crippen MR) is 89.3 cm³/mol. The molecule has 0 saturated carbocycles. The third-order valence-electron chi connectivity index (χ3n) is 3.52. The summed E-state index contributed by atoms with van der Waals surface area (Å²) in [6.45, 7) is 11.4. The van der Waals surface area contributed by atoms with Crippen molar-refractivity contribution in [1.29, 1.82) is 0 Å². The summed E-state index contributed by atoms with van der Waals surface area (Å²) in [4.78, 5) is 16.6. The Hall–Kier alpha value is -0.720. The summed E-state index contributed by atoms with van der Waals surface area (Å²) in [5, 5.41) is 0. The fraction of sp³-hybridized carbons (Fsp3) is 0.867. The van der Waals surface area contributed by atoms with Crippen LogP contribution in [0.1, 0.15) is 40.5 Å². The van der Waals surface area contributed by atoms with E-state index in [2.05, 4.69) is 32.6 Å². The minimum atomic E-state index is -0.178. The minimum Gasteiger partial charge on any atom is -0.393 e. The number of nitrogens with zero attached hydrogens (tertiary/aromatic N) is 2. The number of hydrogen-bond acceptors (Lipinski definition) is 4. The molecule has 0 aromatic heterocycles. The monoisotopic (exact) mass is 315 g/mol. The van der Waals surface area contributed by atoms with Gasteiger partial charge in [0.05, 0.1) is 16.2 Å². The van der Waals surface area contributed by atoms with Crippen LogP contribution in [-0.4, -0.2) is 65.1 Å². The molecule has 122 valence electrons. The first-order valence-electron chi connectivity index (χ1n) is 7.46. The molecular formula is C15H29N3O2S. The van der Waals surface area contributed by atoms with E-state index in [-0.39, 0.29) is 17.1 Å². The van der Waals surface area contributed by atoms with Crippen molar-refractivity contribution in [1.82, 2.24) is 9.80 Å². The highest BCUT2D eigenvalue weighted by Crippen LogP contribution is 2.27. The van der Waals surface area contributed by atoms with Crippen molar-refractivity contribution < 1.29 is 9.53 Å². The number of carbonyl (C=O) groups is 1. The fourth-order valence-electron chi connectivity index (χ4n) is 2.95. The van der Waals surface area contributed by atoms with Gasteiger partial charge in [-0.2, -0.15) is 0 Å². The molecule has 21 heavy (non-hydrogen) atoms. The van der Waals surface area contributed by atoms with Crippen molar-refractivity contribution in [3.05, 3.63) is 0 Å². The summed E-state index contributed by atoms with van der Waals surface area (Å²) < 4.78 is 6.05. The summed E-state index contributed by atoms with van der Waals surface area (Å²) in [5.41, 5.74) is 5.11. The molecule has 0 aliphatic carbocycles. The van der Waals surface area contributed by atoms with Crippen molar-refractivity contribution in [3.8, 4) is 0 Å². The molecule has 5 nitrogen and oxygen atoms in total. The first kappa shape index (κ1) is 18.3. The highest BCUT2D eigenvalue weighted by Gasteiger charge is 2.37. The molecule has 0 unspecified atom stereocenters. The van der Waals surface area contributed by atoms with Crippen LogP contribution in [0.2, 0.25) is 0 Å². The van der Waals surface area contributed by atoms with E-state index in [4.69, 9.17) is 22.7 Å². The molecular weight excluding hydrogens is 286 g/mol. The number of thiocarbonyl (C=S) groups is 1. The van der Waals surface area contributed by atoms with Crippen LogP contribution in [0.25, 0.3) is 0 Å². The Morgan fingerprint density at radius 3 is 2.24 bits per heavy atom. The van der Waals surface area contributed by atoms with Crippen LogP contribution in [0, 0.1) is 0 Å². The number of nitrogens with two attached hydrogens (primary N) is 1. The molecule has 1 amide bonds. The Kier molecular flexibility index (Phi) is 6.13. The first-order chi connectivity index (χ1) is 9.51. The quantitative estimate of drug-likeness (QED) is 0.751. The number of carbonyl (C=O) groups excluding carboxylic acids is 1.